The van der Waals surface area contributed by atoms with Crippen molar-refractivity contribution >= 4 is 5.97 Å². The van der Waals surface area contributed by atoms with Crippen LogP contribution in [0.5, 0.6) is 0 Å². The van der Waals surface area contributed by atoms with E-state index in [0.717, 1.165) is 31.5 Å². The van der Waals surface area contributed by atoms with Crippen molar-refractivity contribution in [3.05, 3.63) is 17.5 Å². The van der Waals surface area contributed by atoms with E-state index in [0.29, 0.717) is 6.42 Å². The average Bonchev–Trinajstić information content (AvgIpc) is 2.80. The summed E-state index contributed by atoms with van der Waals surface area (Å²) in [4.78, 5) is 11.5. The highest BCUT2D eigenvalue weighted by Gasteiger charge is 2.32. The lowest BCUT2D eigenvalue weighted by Crippen LogP contribution is -2.52. The Morgan fingerprint density at radius 1 is 1.43 bits per heavy atom. The molecule has 0 saturated heterocycles. The zero-order chi connectivity index (χ0) is 16.0. The van der Waals surface area contributed by atoms with Gasteiger partial charge in [-0.05, 0) is 52.5 Å². The number of hydrogen-bond donors (Lipinski definition) is 2. The van der Waals surface area contributed by atoms with E-state index in [-0.39, 0.29) is 6.04 Å². The summed E-state index contributed by atoms with van der Waals surface area (Å²) >= 11 is 0. The Hall–Kier alpha value is -1.36. The van der Waals surface area contributed by atoms with Crippen molar-refractivity contribution in [2.75, 3.05) is 0 Å². The summed E-state index contributed by atoms with van der Waals surface area (Å²) in [6, 6.07) is 2.29. The molecule has 21 heavy (non-hydrogen) atoms. The van der Waals surface area contributed by atoms with E-state index in [1.807, 2.05) is 18.5 Å². The number of aliphatic carboxylic acids is 1. The quantitative estimate of drug-likeness (QED) is 0.735. The van der Waals surface area contributed by atoms with Gasteiger partial charge in [0.15, 0.2) is 0 Å². The van der Waals surface area contributed by atoms with Crippen molar-refractivity contribution in [2.45, 2.75) is 78.4 Å². The fourth-order valence-electron chi connectivity index (χ4n) is 2.63. The first-order valence-electron chi connectivity index (χ1n) is 7.89. The first-order valence-corrected chi connectivity index (χ1v) is 7.89. The van der Waals surface area contributed by atoms with Crippen LogP contribution in [0.2, 0.25) is 0 Å². The first-order chi connectivity index (χ1) is 9.82. The molecule has 0 aliphatic heterocycles. The maximum atomic E-state index is 11.5. The Balaban J connectivity index is 2.66. The van der Waals surface area contributed by atoms with Crippen molar-refractivity contribution in [1.82, 2.24) is 15.1 Å². The third-order valence-electron chi connectivity index (χ3n) is 3.76. The van der Waals surface area contributed by atoms with E-state index in [4.69, 9.17) is 0 Å². The third kappa shape index (κ3) is 4.84. The van der Waals surface area contributed by atoms with Gasteiger partial charge < -0.3 is 5.11 Å². The zero-order valence-electron chi connectivity index (χ0n) is 13.9. The Labute approximate surface area is 127 Å². The third-order valence-corrected chi connectivity index (χ3v) is 3.76. The molecule has 0 fully saturated rings. The summed E-state index contributed by atoms with van der Waals surface area (Å²) in [5.41, 5.74) is 1.45. The Morgan fingerprint density at radius 2 is 2.10 bits per heavy atom. The van der Waals surface area contributed by atoms with Crippen LogP contribution in [0.25, 0.3) is 0 Å². The minimum atomic E-state index is -0.874. The summed E-state index contributed by atoms with van der Waals surface area (Å²) in [6.07, 6.45) is 3.26. The Bertz CT molecular complexity index is 468. The molecule has 1 heterocycles. The van der Waals surface area contributed by atoms with Crippen LogP contribution >= 0.6 is 0 Å². The lowest BCUT2D eigenvalue weighted by molar-refractivity contribution is -0.144. The molecule has 2 N–H and O–H groups in total. The van der Waals surface area contributed by atoms with Crippen LogP contribution in [0.15, 0.2) is 6.07 Å². The summed E-state index contributed by atoms with van der Waals surface area (Å²) in [6.45, 7) is 10.7. The number of aryl methyl sites for hydroxylation is 3. The number of nitrogens with one attached hydrogen (secondary N) is 1. The molecule has 1 rings (SSSR count). The van der Waals surface area contributed by atoms with Gasteiger partial charge in [0.2, 0.25) is 0 Å². The standard InChI is InChI=1S/C16H29N3O2/c1-6-13-11-14(7-2)19(18-13)10-8-9-16(5,15(20)21)17-12(3)4/h11-12,17H,6-10H2,1-5H3,(H,20,21). The van der Waals surface area contributed by atoms with Crippen LogP contribution in [-0.4, -0.2) is 32.4 Å². The van der Waals surface area contributed by atoms with Gasteiger partial charge >= 0.3 is 5.97 Å². The first kappa shape index (κ1) is 17.7. The molecule has 0 spiro atoms. The number of rotatable bonds is 9. The van der Waals surface area contributed by atoms with Gasteiger partial charge in [-0.25, -0.2) is 0 Å². The second-order valence-corrected chi connectivity index (χ2v) is 6.10. The molecule has 0 amide bonds. The van der Waals surface area contributed by atoms with Crippen molar-refractivity contribution < 1.29 is 9.90 Å². The molecular weight excluding hydrogens is 266 g/mol. The van der Waals surface area contributed by atoms with Crippen molar-refractivity contribution in [3.8, 4) is 0 Å². The second kappa shape index (κ2) is 7.59. The number of aromatic nitrogens is 2. The maximum Gasteiger partial charge on any atom is 0.323 e. The number of carboxylic acids is 1. The van der Waals surface area contributed by atoms with Gasteiger partial charge in [0.1, 0.15) is 5.54 Å². The molecule has 0 aliphatic carbocycles. The molecule has 5 heteroatoms. The van der Waals surface area contributed by atoms with Gasteiger partial charge in [0.05, 0.1) is 5.69 Å². The van der Waals surface area contributed by atoms with E-state index < -0.39 is 11.5 Å². The van der Waals surface area contributed by atoms with Gasteiger partial charge in [-0.3, -0.25) is 14.8 Å². The predicted octanol–water partition coefficient (Wildman–Crippen LogP) is 2.63. The number of carbonyl (C=O) groups is 1. The van der Waals surface area contributed by atoms with Crippen molar-refractivity contribution in [1.29, 1.82) is 0 Å². The minimum absolute atomic E-state index is 0.147. The SMILES string of the molecule is CCc1cc(CC)n(CCCC(C)(NC(C)C)C(=O)O)n1. The van der Waals surface area contributed by atoms with Gasteiger partial charge in [-0.15, -0.1) is 0 Å². The highest BCUT2D eigenvalue weighted by atomic mass is 16.4. The van der Waals surface area contributed by atoms with Crippen LogP contribution in [0.3, 0.4) is 0 Å². The van der Waals surface area contributed by atoms with E-state index in [2.05, 4.69) is 30.3 Å². The largest absolute Gasteiger partial charge is 0.480 e. The fourth-order valence-corrected chi connectivity index (χ4v) is 2.63. The highest BCUT2D eigenvalue weighted by molar-refractivity contribution is 5.78. The fraction of sp³-hybridized carbons (Fsp3) is 0.750. The van der Waals surface area contributed by atoms with E-state index in [1.165, 1.54) is 5.69 Å². The van der Waals surface area contributed by atoms with Crippen LogP contribution in [0.4, 0.5) is 0 Å². The monoisotopic (exact) mass is 295 g/mol. The van der Waals surface area contributed by atoms with Gasteiger partial charge in [0.25, 0.3) is 0 Å². The molecule has 0 aliphatic rings. The van der Waals surface area contributed by atoms with E-state index >= 15 is 0 Å². The van der Waals surface area contributed by atoms with Gasteiger partial charge in [-0.1, -0.05) is 13.8 Å². The Morgan fingerprint density at radius 3 is 2.57 bits per heavy atom. The van der Waals surface area contributed by atoms with Crippen molar-refractivity contribution in [2.24, 2.45) is 0 Å². The smallest absolute Gasteiger partial charge is 0.323 e. The molecule has 5 nitrogen and oxygen atoms in total. The summed E-state index contributed by atoms with van der Waals surface area (Å²) in [7, 11) is 0. The van der Waals surface area contributed by atoms with Crippen molar-refractivity contribution in [3.63, 3.8) is 0 Å². The normalized spacial score (nSPS) is 14.4. The zero-order valence-corrected chi connectivity index (χ0v) is 13.9. The number of carboxylic acid groups (broad SMARTS) is 1. The maximum absolute atomic E-state index is 11.5. The molecule has 1 aromatic rings. The van der Waals surface area contributed by atoms with Crippen LogP contribution in [-0.2, 0) is 24.2 Å². The highest BCUT2D eigenvalue weighted by Crippen LogP contribution is 2.16. The molecular formula is C16H29N3O2. The molecule has 1 unspecified atom stereocenters. The van der Waals surface area contributed by atoms with Crippen LogP contribution in [0.1, 0.15) is 58.8 Å². The second-order valence-electron chi connectivity index (χ2n) is 6.10. The minimum Gasteiger partial charge on any atom is -0.480 e. The molecule has 1 aromatic heterocycles. The molecule has 0 bridgehead atoms. The average molecular weight is 295 g/mol. The van der Waals surface area contributed by atoms with Crippen LogP contribution in [0, 0.1) is 0 Å². The van der Waals surface area contributed by atoms with Crippen LogP contribution < -0.4 is 5.32 Å². The van der Waals surface area contributed by atoms with Gasteiger partial charge in [0, 0.05) is 18.3 Å². The number of hydrogen-bond acceptors (Lipinski definition) is 3. The van der Waals surface area contributed by atoms with E-state index in [9.17, 15) is 9.90 Å². The lowest BCUT2D eigenvalue weighted by Gasteiger charge is -2.28. The Kier molecular flexibility index (Phi) is 6.40. The summed E-state index contributed by atoms with van der Waals surface area (Å²) in [5.74, 6) is -0.790. The molecule has 120 valence electrons. The molecule has 0 radical (unpaired) electrons. The topological polar surface area (TPSA) is 67.2 Å². The van der Waals surface area contributed by atoms with Gasteiger partial charge in [-0.2, -0.15) is 5.10 Å². The molecule has 0 saturated carbocycles. The molecule has 1 atom stereocenters. The summed E-state index contributed by atoms with van der Waals surface area (Å²) in [5, 5.41) is 17.2. The summed E-state index contributed by atoms with van der Waals surface area (Å²) < 4.78 is 2.02. The molecule has 0 aromatic carbocycles. The number of nitrogens with zero attached hydrogens (tertiary/aromatic N) is 2. The van der Waals surface area contributed by atoms with E-state index in [1.54, 1.807) is 6.92 Å². The predicted molar refractivity (Wildman–Crippen MR) is 84.5 cm³/mol. The lowest BCUT2D eigenvalue weighted by atomic mass is 9.95.